The zero-order valence-corrected chi connectivity index (χ0v) is 15.3. The minimum Gasteiger partial charge on any atom is -0.497 e. The Labute approximate surface area is 164 Å². The van der Waals surface area contributed by atoms with Gasteiger partial charge in [0.2, 0.25) is 0 Å². The summed E-state index contributed by atoms with van der Waals surface area (Å²) in [6.07, 6.45) is -5.99. The van der Waals surface area contributed by atoms with Crippen molar-refractivity contribution in [3.8, 4) is 16.9 Å². The minimum atomic E-state index is -5.99. The van der Waals surface area contributed by atoms with Gasteiger partial charge in [-0.05, 0) is 40.5 Å². The van der Waals surface area contributed by atoms with Crippen molar-refractivity contribution < 1.29 is 31.8 Å². The second kappa shape index (κ2) is 7.48. The van der Waals surface area contributed by atoms with E-state index in [1.807, 2.05) is 0 Å². The van der Waals surface area contributed by atoms with Crippen LogP contribution in [0.4, 0.5) is 22.0 Å². The van der Waals surface area contributed by atoms with E-state index in [0.717, 1.165) is 24.3 Å². The van der Waals surface area contributed by atoms with E-state index < -0.39 is 28.8 Å². The smallest absolute Gasteiger partial charge is 0.457 e. The van der Waals surface area contributed by atoms with Crippen molar-refractivity contribution in [3.05, 3.63) is 90.0 Å². The van der Waals surface area contributed by atoms with E-state index >= 15 is 0 Å². The summed E-state index contributed by atoms with van der Waals surface area (Å²) in [7, 11) is 1.25. The van der Waals surface area contributed by atoms with Crippen molar-refractivity contribution in [2.45, 2.75) is 17.7 Å². The maximum atomic E-state index is 14.7. The van der Waals surface area contributed by atoms with Gasteiger partial charge in [0, 0.05) is 0 Å². The molecule has 0 radical (unpaired) electrons. The molecule has 3 aromatic carbocycles. The van der Waals surface area contributed by atoms with Crippen molar-refractivity contribution in [2.75, 3.05) is 7.11 Å². The number of halogens is 5. The molecule has 0 aromatic heterocycles. The highest BCUT2D eigenvalue weighted by molar-refractivity contribution is 5.65. The first-order chi connectivity index (χ1) is 13.6. The first-order valence-corrected chi connectivity index (χ1v) is 8.58. The number of hydrogen-bond donors (Lipinski definition) is 1. The van der Waals surface area contributed by atoms with Gasteiger partial charge in [-0.25, -0.2) is 0 Å². The average Bonchev–Trinajstić information content (AvgIpc) is 2.73. The maximum absolute atomic E-state index is 14.7. The van der Waals surface area contributed by atoms with Crippen LogP contribution in [0.3, 0.4) is 0 Å². The van der Waals surface area contributed by atoms with E-state index in [2.05, 4.69) is 0 Å². The molecule has 0 heterocycles. The van der Waals surface area contributed by atoms with Gasteiger partial charge in [-0.1, -0.05) is 60.7 Å². The molecule has 3 aromatic rings. The highest BCUT2D eigenvalue weighted by atomic mass is 19.4. The Morgan fingerprint density at radius 3 is 1.83 bits per heavy atom. The Kier molecular flexibility index (Phi) is 5.36. The Hall–Kier alpha value is -2.93. The molecule has 0 saturated heterocycles. The van der Waals surface area contributed by atoms with Gasteiger partial charge < -0.3 is 9.84 Å². The molecule has 7 heteroatoms. The van der Waals surface area contributed by atoms with Gasteiger partial charge in [0.25, 0.3) is 0 Å². The van der Waals surface area contributed by atoms with E-state index in [1.165, 1.54) is 25.3 Å². The second-order valence-electron chi connectivity index (χ2n) is 6.46. The van der Waals surface area contributed by atoms with Gasteiger partial charge in [0.05, 0.1) is 7.11 Å². The van der Waals surface area contributed by atoms with Crippen molar-refractivity contribution >= 4 is 0 Å². The molecule has 29 heavy (non-hydrogen) atoms. The van der Waals surface area contributed by atoms with Crippen LogP contribution in [0.15, 0.2) is 78.9 Å². The van der Waals surface area contributed by atoms with Crippen LogP contribution in [-0.2, 0) is 5.60 Å². The lowest BCUT2D eigenvalue weighted by molar-refractivity contribution is -0.336. The number of hydrogen-bond acceptors (Lipinski definition) is 2. The summed E-state index contributed by atoms with van der Waals surface area (Å²) in [5.74, 6) is -5.43. The van der Waals surface area contributed by atoms with Crippen LogP contribution in [0, 0.1) is 0 Å². The summed E-state index contributed by atoms with van der Waals surface area (Å²) in [6.45, 7) is 0. The molecule has 3 rings (SSSR count). The maximum Gasteiger partial charge on any atom is 0.457 e. The number of rotatable bonds is 5. The van der Waals surface area contributed by atoms with Gasteiger partial charge in [0.1, 0.15) is 5.75 Å². The molecule has 0 fully saturated rings. The lowest BCUT2D eigenvalue weighted by atomic mass is 9.79. The second-order valence-corrected chi connectivity index (χ2v) is 6.46. The molecule has 1 unspecified atom stereocenters. The predicted molar refractivity (Wildman–Crippen MR) is 98.9 cm³/mol. The molecular formula is C22H17F5O2. The van der Waals surface area contributed by atoms with Gasteiger partial charge in [0.15, 0.2) is 5.60 Å². The molecule has 1 atom stereocenters. The topological polar surface area (TPSA) is 29.5 Å². The quantitative estimate of drug-likeness (QED) is 0.541. The first kappa shape index (κ1) is 20.8. The van der Waals surface area contributed by atoms with E-state index in [-0.39, 0.29) is 5.75 Å². The summed E-state index contributed by atoms with van der Waals surface area (Å²) in [6, 6.07) is 18.2. The number of benzene rings is 3. The number of aliphatic hydroxyl groups is 1. The Bertz CT molecular complexity index is 986. The van der Waals surface area contributed by atoms with Crippen molar-refractivity contribution in [1.29, 1.82) is 0 Å². The summed E-state index contributed by atoms with van der Waals surface area (Å²) < 4.78 is 74.4. The van der Waals surface area contributed by atoms with Gasteiger partial charge in [-0.2, -0.15) is 22.0 Å². The normalized spacial score (nSPS) is 14.3. The van der Waals surface area contributed by atoms with E-state index in [0.29, 0.717) is 11.1 Å². The van der Waals surface area contributed by atoms with Crippen LogP contribution in [0.5, 0.6) is 5.75 Å². The molecule has 0 aliphatic rings. The minimum absolute atomic E-state index is 0.0399. The van der Waals surface area contributed by atoms with Gasteiger partial charge >= 0.3 is 12.1 Å². The fourth-order valence-electron chi connectivity index (χ4n) is 3.14. The fourth-order valence-corrected chi connectivity index (χ4v) is 3.14. The molecule has 152 valence electrons. The van der Waals surface area contributed by atoms with Crippen LogP contribution < -0.4 is 4.74 Å². The van der Waals surface area contributed by atoms with Crippen LogP contribution in [0.2, 0.25) is 0 Å². The molecular weight excluding hydrogens is 391 g/mol. The number of alkyl halides is 5. The fraction of sp³-hybridized carbons (Fsp3) is 0.182. The monoisotopic (exact) mass is 408 g/mol. The highest BCUT2D eigenvalue weighted by Gasteiger charge is 2.71. The van der Waals surface area contributed by atoms with Crippen molar-refractivity contribution in [1.82, 2.24) is 0 Å². The van der Waals surface area contributed by atoms with Crippen LogP contribution in [0.25, 0.3) is 11.1 Å². The first-order valence-electron chi connectivity index (χ1n) is 8.58. The van der Waals surface area contributed by atoms with Gasteiger partial charge in [-0.3, -0.25) is 0 Å². The van der Waals surface area contributed by atoms with Gasteiger partial charge in [-0.15, -0.1) is 0 Å². The summed E-state index contributed by atoms with van der Waals surface area (Å²) in [5, 5.41) is 11.0. The molecule has 0 bridgehead atoms. The third kappa shape index (κ3) is 3.58. The molecule has 2 nitrogen and oxygen atoms in total. The largest absolute Gasteiger partial charge is 0.497 e. The average molecular weight is 408 g/mol. The van der Waals surface area contributed by atoms with Crippen LogP contribution >= 0.6 is 0 Å². The molecule has 1 N–H and O–H groups in total. The Morgan fingerprint density at radius 2 is 1.24 bits per heavy atom. The third-order valence-corrected chi connectivity index (χ3v) is 4.69. The Morgan fingerprint density at radius 1 is 0.690 bits per heavy atom. The van der Waals surface area contributed by atoms with Crippen LogP contribution in [-0.4, -0.2) is 24.3 Å². The van der Waals surface area contributed by atoms with E-state index in [4.69, 9.17) is 4.74 Å². The van der Waals surface area contributed by atoms with E-state index in [9.17, 15) is 27.1 Å². The lowest BCUT2D eigenvalue weighted by Crippen LogP contribution is -2.55. The predicted octanol–water partition coefficient (Wildman–Crippen LogP) is 5.80. The van der Waals surface area contributed by atoms with E-state index in [1.54, 1.807) is 36.4 Å². The SMILES string of the molecule is COc1cccc(C(O)(c2cccc(-c3ccccc3)c2)C(F)(F)C(F)(F)F)c1. The molecule has 0 spiro atoms. The van der Waals surface area contributed by atoms with Crippen LogP contribution in [0.1, 0.15) is 11.1 Å². The summed E-state index contributed by atoms with van der Waals surface area (Å²) >= 11 is 0. The number of methoxy groups -OCH3 is 1. The van der Waals surface area contributed by atoms with Crippen molar-refractivity contribution in [2.24, 2.45) is 0 Å². The third-order valence-electron chi connectivity index (χ3n) is 4.69. The summed E-state index contributed by atoms with van der Waals surface area (Å²) in [4.78, 5) is 0. The number of ether oxygens (including phenoxy) is 1. The molecule has 0 aliphatic carbocycles. The lowest BCUT2D eigenvalue weighted by Gasteiger charge is -2.38. The zero-order valence-electron chi connectivity index (χ0n) is 15.3. The highest BCUT2D eigenvalue weighted by Crippen LogP contribution is 2.52. The van der Waals surface area contributed by atoms with Crippen molar-refractivity contribution in [3.63, 3.8) is 0 Å². The standard InChI is InChI=1S/C22H17F5O2/c1-29-19-12-6-11-18(14-19)20(28,21(23,24)22(25,26)27)17-10-5-9-16(13-17)15-7-3-2-4-8-15/h2-14,28H,1H3. The molecule has 0 amide bonds. The molecule has 0 saturated carbocycles. The summed E-state index contributed by atoms with van der Waals surface area (Å²) in [5.41, 5.74) is -3.89. The Balaban J connectivity index is 2.27. The molecule has 0 aliphatic heterocycles. The zero-order chi connectivity index (χ0) is 21.3.